The van der Waals surface area contributed by atoms with Gasteiger partial charge in [0.15, 0.2) is 0 Å². The number of aryl methyl sites for hydroxylation is 4. The highest BCUT2D eigenvalue weighted by molar-refractivity contribution is 5.83. The maximum Gasteiger partial charge on any atom is 0.314 e. The van der Waals surface area contributed by atoms with Gasteiger partial charge >= 0.3 is 11.1 Å². The molecule has 3 aromatic carbocycles. The molecule has 166 valence electrons. The summed E-state index contributed by atoms with van der Waals surface area (Å²) in [6.45, 7) is 7.93. The van der Waals surface area contributed by atoms with Gasteiger partial charge in [-0.25, -0.2) is 0 Å². The predicted molar refractivity (Wildman–Crippen MR) is 133 cm³/mol. The SMILES string of the molecule is Cc1cc(C2(c3cc(C)c(N)c(C)c3)c3ccccc3-c3[nH]c(=O)c(=O)[nH]c32)cc(C)c1N. The fourth-order valence-corrected chi connectivity index (χ4v) is 5.26. The molecule has 4 aromatic rings. The number of fused-ring (bicyclic) bond motifs is 3. The topological polar surface area (TPSA) is 118 Å². The van der Waals surface area contributed by atoms with E-state index in [1.54, 1.807) is 0 Å². The molecule has 0 aliphatic heterocycles. The van der Waals surface area contributed by atoms with E-state index >= 15 is 0 Å². The summed E-state index contributed by atoms with van der Waals surface area (Å²) in [6.07, 6.45) is 0. The number of rotatable bonds is 2. The molecule has 0 saturated heterocycles. The summed E-state index contributed by atoms with van der Waals surface area (Å²) in [5.74, 6) is 0. The van der Waals surface area contributed by atoms with Crippen LogP contribution in [-0.2, 0) is 5.41 Å². The van der Waals surface area contributed by atoms with Gasteiger partial charge in [-0.3, -0.25) is 9.59 Å². The number of nitrogens with two attached hydrogens (primary N) is 2. The van der Waals surface area contributed by atoms with Crippen molar-refractivity contribution in [3.8, 4) is 11.3 Å². The van der Waals surface area contributed by atoms with Crippen molar-refractivity contribution in [2.45, 2.75) is 33.1 Å². The molecule has 0 fully saturated rings. The quantitative estimate of drug-likeness (QED) is 0.247. The summed E-state index contributed by atoms with van der Waals surface area (Å²) in [5, 5.41) is 0. The molecule has 1 heterocycles. The Morgan fingerprint density at radius 1 is 0.697 bits per heavy atom. The van der Waals surface area contributed by atoms with Crippen molar-refractivity contribution >= 4 is 11.4 Å². The van der Waals surface area contributed by atoms with Crippen molar-refractivity contribution in [3.05, 3.63) is 114 Å². The van der Waals surface area contributed by atoms with Crippen molar-refractivity contribution in [3.63, 3.8) is 0 Å². The Bertz CT molecular complexity index is 1470. The molecule has 5 rings (SSSR count). The highest BCUT2D eigenvalue weighted by Crippen LogP contribution is 2.55. The molecular weight excluding hydrogens is 412 g/mol. The summed E-state index contributed by atoms with van der Waals surface area (Å²) in [4.78, 5) is 30.7. The number of aromatic nitrogens is 2. The van der Waals surface area contributed by atoms with E-state index in [-0.39, 0.29) is 0 Å². The number of nitrogens with one attached hydrogen (secondary N) is 2. The zero-order valence-corrected chi connectivity index (χ0v) is 19.1. The van der Waals surface area contributed by atoms with Crippen LogP contribution in [0.3, 0.4) is 0 Å². The normalized spacial score (nSPS) is 13.6. The molecular formula is C27H26N4O2. The van der Waals surface area contributed by atoms with Gasteiger partial charge in [0.25, 0.3) is 0 Å². The van der Waals surface area contributed by atoms with Crippen LogP contribution in [0.4, 0.5) is 11.4 Å². The van der Waals surface area contributed by atoms with E-state index in [2.05, 4.69) is 34.2 Å². The van der Waals surface area contributed by atoms with Gasteiger partial charge in [-0.1, -0.05) is 48.5 Å². The molecule has 1 aliphatic carbocycles. The minimum absolute atomic E-state index is 0.620. The third-order valence-electron chi connectivity index (χ3n) is 6.96. The van der Waals surface area contributed by atoms with E-state index in [0.29, 0.717) is 11.4 Å². The first-order chi connectivity index (χ1) is 15.7. The number of aromatic amines is 2. The first-order valence-electron chi connectivity index (χ1n) is 10.9. The van der Waals surface area contributed by atoms with Crippen LogP contribution in [-0.4, -0.2) is 9.97 Å². The number of H-pyrrole nitrogens is 2. The molecule has 1 aromatic heterocycles. The fourth-order valence-electron chi connectivity index (χ4n) is 5.26. The Balaban J connectivity index is 2.05. The second-order valence-electron chi connectivity index (χ2n) is 9.00. The van der Waals surface area contributed by atoms with Crippen LogP contribution < -0.4 is 22.6 Å². The molecule has 0 atom stereocenters. The van der Waals surface area contributed by atoms with E-state index in [1.165, 1.54) is 0 Å². The molecule has 0 unspecified atom stereocenters. The van der Waals surface area contributed by atoms with Gasteiger partial charge in [-0.2, -0.15) is 0 Å². The van der Waals surface area contributed by atoms with Gasteiger partial charge in [0.1, 0.15) is 0 Å². The first kappa shape index (κ1) is 20.8. The van der Waals surface area contributed by atoms with Gasteiger partial charge in [0, 0.05) is 16.9 Å². The Kier molecular flexibility index (Phi) is 4.40. The van der Waals surface area contributed by atoms with Crippen LogP contribution in [0.25, 0.3) is 11.3 Å². The summed E-state index contributed by atoms with van der Waals surface area (Å²) in [5.41, 5.74) is 20.7. The smallest absolute Gasteiger partial charge is 0.314 e. The lowest BCUT2D eigenvalue weighted by atomic mass is 9.68. The summed E-state index contributed by atoms with van der Waals surface area (Å²) in [6, 6.07) is 16.2. The summed E-state index contributed by atoms with van der Waals surface area (Å²) >= 11 is 0. The minimum Gasteiger partial charge on any atom is -0.398 e. The van der Waals surface area contributed by atoms with Gasteiger partial charge in [0.05, 0.1) is 16.8 Å². The van der Waals surface area contributed by atoms with Crippen LogP contribution in [0.1, 0.15) is 44.6 Å². The lowest BCUT2D eigenvalue weighted by Crippen LogP contribution is -2.36. The van der Waals surface area contributed by atoms with Crippen molar-refractivity contribution in [1.29, 1.82) is 0 Å². The van der Waals surface area contributed by atoms with Crippen LogP contribution >= 0.6 is 0 Å². The largest absolute Gasteiger partial charge is 0.398 e. The number of hydrogen-bond donors (Lipinski definition) is 4. The number of hydrogen-bond acceptors (Lipinski definition) is 4. The lowest BCUT2D eigenvalue weighted by molar-refractivity contribution is 0.724. The molecule has 6 heteroatoms. The molecule has 0 amide bonds. The van der Waals surface area contributed by atoms with Gasteiger partial charge in [-0.05, 0) is 66.6 Å². The van der Waals surface area contributed by atoms with Gasteiger partial charge in [0.2, 0.25) is 0 Å². The Morgan fingerprint density at radius 3 is 1.67 bits per heavy atom. The van der Waals surface area contributed by atoms with E-state index < -0.39 is 16.5 Å². The van der Waals surface area contributed by atoms with E-state index in [1.807, 2.05) is 52.0 Å². The zero-order chi connectivity index (χ0) is 23.7. The summed E-state index contributed by atoms with van der Waals surface area (Å²) < 4.78 is 0. The van der Waals surface area contributed by atoms with Crippen molar-refractivity contribution in [2.24, 2.45) is 0 Å². The maximum atomic E-state index is 12.6. The Labute approximate surface area is 191 Å². The minimum atomic E-state index is -0.859. The molecule has 0 radical (unpaired) electrons. The van der Waals surface area contributed by atoms with Crippen LogP contribution in [0.5, 0.6) is 0 Å². The molecule has 0 spiro atoms. The van der Waals surface area contributed by atoms with Crippen molar-refractivity contribution < 1.29 is 0 Å². The molecule has 0 saturated carbocycles. The molecule has 6 N–H and O–H groups in total. The fraction of sp³-hybridized carbons (Fsp3) is 0.185. The molecule has 1 aliphatic rings. The van der Waals surface area contributed by atoms with Gasteiger partial charge in [-0.15, -0.1) is 0 Å². The maximum absolute atomic E-state index is 12.6. The monoisotopic (exact) mass is 438 g/mol. The van der Waals surface area contributed by atoms with Crippen LogP contribution in [0.15, 0.2) is 58.1 Å². The van der Waals surface area contributed by atoms with E-state index in [0.717, 1.165) is 55.9 Å². The number of anilines is 2. The lowest BCUT2D eigenvalue weighted by Gasteiger charge is -2.34. The average molecular weight is 439 g/mol. The highest BCUT2D eigenvalue weighted by Gasteiger charge is 2.48. The summed E-state index contributed by atoms with van der Waals surface area (Å²) in [7, 11) is 0. The molecule has 33 heavy (non-hydrogen) atoms. The third-order valence-corrected chi connectivity index (χ3v) is 6.96. The average Bonchev–Trinajstić information content (AvgIpc) is 3.06. The van der Waals surface area contributed by atoms with Crippen LogP contribution in [0, 0.1) is 27.7 Å². The highest BCUT2D eigenvalue weighted by atomic mass is 16.2. The van der Waals surface area contributed by atoms with Crippen molar-refractivity contribution in [1.82, 2.24) is 9.97 Å². The Hall–Kier alpha value is -4.06. The zero-order valence-electron chi connectivity index (χ0n) is 19.1. The second kappa shape index (κ2) is 6.97. The number of benzene rings is 3. The molecule has 6 nitrogen and oxygen atoms in total. The molecule has 0 bridgehead atoms. The van der Waals surface area contributed by atoms with E-state index in [4.69, 9.17) is 11.5 Å². The number of nitrogen functional groups attached to an aromatic ring is 2. The second-order valence-corrected chi connectivity index (χ2v) is 9.00. The van der Waals surface area contributed by atoms with Gasteiger partial charge < -0.3 is 21.4 Å². The Morgan fingerprint density at radius 2 is 1.15 bits per heavy atom. The third kappa shape index (κ3) is 2.73. The van der Waals surface area contributed by atoms with E-state index in [9.17, 15) is 9.59 Å². The van der Waals surface area contributed by atoms with Crippen molar-refractivity contribution in [2.75, 3.05) is 11.5 Å². The predicted octanol–water partition coefficient (Wildman–Crippen LogP) is 3.82. The first-order valence-corrected chi connectivity index (χ1v) is 10.9. The van der Waals surface area contributed by atoms with Crippen LogP contribution in [0.2, 0.25) is 0 Å². The standard InChI is InChI=1S/C27H26N4O2/c1-13-9-17(10-14(2)21(13)28)27(18-11-15(3)22(29)16(4)12-18)20-8-6-5-7-19(20)23-24(27)31-26(33)25(32)30-23/h5-12H,28-29H2,1-4H3,(H,30,32)(H,31,33).